The smallest absolute Gasteiger partial charge is 0.239 e. The molecule has 0 amide bonds. The molecule has 3 nitrogen and oxygen atoms in total. The van der Waals surface area contributed by atoms with Crippen molar-refractivity contribution >= 4 is 19.0 Å². The van der Waals surface area contributed by atoms with Gasteiger partial charge < -0.3 is 13.8 Å². The van der Waals surface area contributed by atoms with Crippen molar-refractivity contribution in [3.63, 3.8) is 0 Å². The second kappa shape index (κ2) is 6.49. The summed E-state index contributed by atoms with van der Waals surface area (Å²) in [5, 5.41) is 0. The molecule has 0 aromatic heterocycles. The van der Waals surface area contributed by atoms with Crippen LogP contribution in [0.25, 0.3) is 0 Å². The van der Waals surface area contributed by atoms with Gasteiger partial charge in [-0.25, -0.2) is 0 Å². The minimum atomic E-state index is -0.819. The van der Waals surface area contributed by atoms with E-state index in [1.54, 1.807) is 0 Å². The number of rotatable bonds is 4. The highest BCUT2D eigenvalue weighted by Gasteiger charge is 2.51. The molecule has 0 aromatic rings. The number of allylic oxidation sites excluding steroid dienone is 1. The lowest BCUT2D eigenvalue weighted by atomic mass is 9.77. The normalized spacial score (nSPS) is 46.5. The van der Waals surface area contributed by atoms with E-state index in [0.717, 1.165) is 25.9 Å². The summed E-state index contributed by atoms with van der Waals surface area (Å²) in [6, 6.07) is 0. The summed E-state index contributed by atoms with van der Waals surface area (Å²) in [6.07, 6.45) is 6.41. The van der Waals surface area contributed by atoms with Gasteiger partial charge in [-0.3, -0.25) is 0 Å². The highest BCUT2D eigenvalue weighted by atomic mass is 32.7. The molecule has 2 saturated heterocycles. The van der Waals surface area contributed by atoms with Crippen LogP contribution in [0.5, 0.6) is 0 Å². The van der Waals surface area contributed by atoms with Crippen LogP contribution in [0.2, 0.25) is 0 Å². The van der Waals surface area contributed by atoms with Gasteiger partial charge in [0, 0.05) is 11.4 Å². The van der Waals surface area contributed by atoms with Crippen LogP contribution in [0.1, 0.15) is 52.9 Å². The van der Waals surface area contributed by atoms with Gasteiger partial charge in [0.25, 0.3) is 0 Å². The van der Waals surface area contributed by atoms with Crippen LogP contribution in [-0.4, -0.2) is 29.7 Å². The summed E-state index contributed by atoms with van der Waals surface area (Å²) in [5.74, 6) is 0.622. The average Bonchev–Trinajstić information content (AvgIpc) is 3.00. The van der Waals surface area contributed by atoms with Crippen LogP contribution in [0, 0.1) is 5.92 Å². The van der Waals surface area contributed by atoms with Crippen molar-refractivity contribution < 1.29 is 13.8 Å². The van der Waals surface area contributed by atoms with Crippen LogP contribution in [-0.2, 0) is 13.8 Å². The first-order valence-corrected chi connectivity index (χ1v) is 10.7. The van der Waals surface area contributed by atoms with E-state index < -0.39 is 7.58 Å². The van der Waals surface area contributed by atoms with E-state index in [-0.39, 0.29) is 17.0 Å². The van der Waals surface area contributed by atoms with Crippen LogP contribution >= 0.6 is 19.0 Å². The Morgan fingerprint density at radius 2 is 2.29 bits per heavy atom. The molecule has 0 bridgehead atoms. The zero-order valence-corrected chi connectivity index (χ0v) is 15.1. The monoisotopic (exact) mass is 330 g/mol. The molecule has 1 unspecified atom stereocenters. The Hall–Kier alpha value is 0.400. The quantitative estimate of drug-likeness (QED) is 0.532. The fourth-order valence-electron chi connectivity index (χ4n) is 3.54. The summed E-state index contributed by atoms with van der Waals surface area (Å²) in [7, 11) is -0.819. The van der Waals surface area contributed by atoms with Gasteiger partial charge in [0.15, 0.2) is 0 Å². The molecule has 0 spiro atoms. The molecule has 1 aliphatic carbocycles. The molecule has 1 saturated carbocycles. The average molecular weight is 330 g/mol. The van der Waals surface area contributed by atoms with Crippen molar-refractivity contribution in [3.05, 3.63) is 12.2 Å². The topological polar surface area (TPSA) is 27.7 Å². The number of ether oxygens (including phenoxy) is 1. The molecular formula is C16H27O3PS. The van der Waals surface area contributed by atoms with E-state index in [9.17, 15) is 0 Å². The summed E-state index contributed by atoms with van der Waals surface area (Å²) in [5.41, 5.74) is 1.30. The van der Waals surface area contributed by atoms with Crippen LogP contribution < -0.4 is 0 Å². The van der Waals surface area contributed by atoms with Gasteiger partial charge in [0.2, 0.25) is 7.58 Å². The Bertz CT molecular complexity index is 405. The van der Waals surface area contributed by atoms with Crippen LogP contribution in [0.4, 0.5) is 0 Å². The molecule has 2 aliphatic heterocycles. The lowest BCUT2D eigenvalue weighted by molar-refractivity contribution is 0.0444. The van der Waals surface area contributed by atoms with E-state index in [2.05, 4.69) is 27.4 Å². The Balaban J connectivity index is 1.60. The van der Waals surface area contributed by atoms with Gasteiger partial charge in [-0.1, -0.05) is 30.5 Å². The lowest BCUT2D eigenvalue weighted by Gasteiger charge is -2.37. The Morgan fingerprint density at radius 3 is 3.00 bits per heavy atom. The number of hydrogen-bond acceptors (Lipinski definition) is 4. The SMILES string of the molecule is C=C(C)[C@H]1CC[C@@]2(C)S[P@@](OC3CCO[C@@H]3CC)O[C@@H]2C1. The fourth-order valence-corrected chi connectivity index (χ4v) is 8.09. The molecule has 0 radical (unpaired) electrons. The van der Waals surface area contributed by atoms with E-state index in [1.807, 2.05) is 11.4 Å². The maximum absolute atomic E-state index is 6.31. The molecular weight excluding hydrogens is 303 g/mol. The highest BCUT2D eigenvalue weighted by molar-refractivity contribution is 8.54. The molecule has 120 valence electrons. The minimum Gasteiger partial charge on any atom is -0.375 e. The van der Waals surface area contributed by atoms with Crippen molar-refractivity contribution in [1.29, 1.82) is 0 Å². The largest absolute Gasteiger partial charge is 0.375 e. The molecule has 0 aromatic carbocycles. The van der Waals surface area contributed by atoms with Gasteiger partial charge in [0.1, 0.15) is 0 Å². The fraction of sp³-hybridized carbons (Fsp3) is 0.875. The maximum Gasteiger partial charge on any atom is 0.239 e. The predicted octanol–water partition coefficient (Wildman–Crippen LogP) is 5.06. The lowest BCUT2D eigenvalue weighted by Crippen LogP contribution is -2.39. The van der Waals surface area contributed by atoms with Crippen molar-refractivity contribution in [1.82, 2.24) is 0 Å². The molecule has 21 heavy (non-hydrogen) atoms. The van der Waals surface area contributed by atoms with Crippen molar-refractivity contribution in [2.75, 3.05) is 6.61 Å². The van der Waals surface area contributed by atoms with Gasteiger partial charge in [-0.15, -0.1) is 0 Å². The first kappa shape index (κ1) is 16.3. The Labute approximate surface area is 133 Å². The third-order valence-electron chi connectivity index (χ3n) is 5.13. The van der Waals surface area contributed by atoms with Gasteiger partial charge in [-0.05, 0) is 51.9 Å². The van der Waals surface area contributed by atoms with Gasteiger partial charge in [-0.2, -0.15) is 0 Å². The second-order valence-electron chi connectivity index (χ2n) is 6.79. The molecule has 3 rings (SSSR count). The maximum atomic E-state index is 6.31. The van der Waals surface area contributed by atoms with Crippen molar-refractivity contribution in [3.8, 4) is 0 Å². The Morgan fingerprint density at radius 1 is 1.48 bits per heavy atom. The molecule has 5 heteroatoms. The number of fused-ring (bicyclic) bond motifs is 1. The van der Waals surface area contributed by atoms with Crippen molar-refractivity contribution in [2.24, 2.45) is 5.92 Å². The standard InChI is InChI=1S/C16H27O3PS/c1-5-13-14(7-9-17-13)18-20-19-15-10-12(11(2)3)6-8-16(15,4)21-20/h12-15H,2,5-10H2,1,3-4H3/t12-,13+,14?,15+,16+,20-/m0/s1. The van der Waals surface area contributed by atoms with E-state index in [0.29, 0.717) is 12.0 Å². The van der Waals surface area contributed by atoms with E-state index >= 15 is 0 Å². The zero-order chi connectivity index (χ0) is 15.0. The zero-order valence-electron chi connectivity index (χ0n) is 13.3. The first-order chi connectivity index (χ1) is 10.0. The third-order valence-corrected chi connectivity index (χ3v) is 9.25. The summed E-state index contributed by atoms with van der Waals surface area (Å²) in [6.45, 7) is 11.6. The van der Waals surface area contributed by atoms with Crippen LogP contribution in [0.3, 0.4) is 0 Å². The molecule has 6 atom stereocenters. The summed E-state index contributed by atoms with van der Waals surface area (Å²) < 4.78 is 18.6. The summed E-state index contributed by atoms with van der Waals surface area (Å²) in [4.78, 5) is 0. The van der Waals surface area contributed by atoms with Gasteiger partial charge in [0.05, 0.1) is 18.3 Å². The van der Waals surface area contributed by atoms with E-state index in [4.69, 9.17) is 13.8 Å². The molecule has 0 N–H and O–H groups in total. The van der Waals surface area contributed by atoms with Gasteiger partial charge >= 0.3 is 0 Å². The molecule has 3 fully saturated rings. The molecule has 2 heterocycles. The Kier molecular flexibility index (Phi) is 5.03. The van der Waals surface area contributed by atoms with E-state index in [1.165, 1.54) is 18.4 Å². The van der Waals surface area contributed by atoms with Crippen LogP contribution in [0.15, 0.2) is 12.2 Å². The molecule has 3 aliphatic rings. The highest BCUT2D eigenvalue weighted by Crippen LogP contribution is 2.70. The van der Waals surface area contributed by atoms with Crippen molar-refractivity contribution in [2.45, 2.75) is 75.9 Å². The second-order valence-corrected chi connectivity index (χ2v) is 10.2. The first-order valence-electron chi connectivity index (χ1n) is 8.11. The predicted molar refractivity (Wildman–Crippen MR) is 89.5 cm³/mol. The number of hydrogen-bond donors (Lipinski definition) is 0. The third kappa shape index (κ3) is 3.35. The summed E-state index contributed by atoms with van der Waals surface area (Å²) >= 11 is 1.95. The minimum absolute atomic E-state index is 0.231.